The Morgan fingerprint density at radius 2 is 2.60 bits per heavy atom. The van der Waals surface area contributed by atoms with Gasteiger partial charge in [-0.3, -0.25) is 0 Å². The van der Waals surface area contributed by atoms with Crippen molar-refractivity contribution >= 4 is 21.6 Å². The van der Waals surface area contributed by atoms with Gasteiger partial charge in [0.1, 0.15) is 6.04 Å². The van der Waals surface area contributed by atoms with Gasteiger partial charge in [-0.05, 0) is 7.05 Å². The highest BCUT2D eigenvalue weighted by molar-refractivity contribution is 8.77. The van der Waals surface area contributed by atoms with E-state index in [1.165, 1.54) is 0 Å². The molecule has 3 nitrogen and oxygen atoms in total. The molecule has 1 aliphatic rings. The first-order valence-electron chi connectivity index (χ1n) is 3.14. The van der Waals surface area contributed by atoms with Crippen molar-refractivity contribution in [1.82, 2.24) is 5.32 Å². The van der Waals surface area contributed by atoms with Crippen molar-refractivity contribution in [2.75, 3.05) is 19.3 Å². The second-order valence-electron chi connectivity index (χ2n) is 2.15. The second kappa shape index (κ2) is 4.20. The van der Waals surface area contributed by atoms with Gasteiger partial charge in [0.15, 0.2) is 0 Å². The van der Waals surface area contributed by atoms with Crippen LogP contribution < -0.4 is 5.32 Å². The summed E-state index contributed by atoms with van der Waals surface area (Å²) in [5, 5.41) is 6.48. The van der Waals surface area contributed by atoms with Crippen molar-refractivity contribution in [2.45, 2.75) is 11.3 Å². The third-order valence-electron chi connectivity index (χ3n) is 1.40. The fourth-order valence-corrected chi connectivity index (χ4v) is 3.92. The molecule has 0 aliphatic carbocycles. The van der Waals surface area contributed by atoms with Gasteiger partial charge in [-0.2, -0.15) is 4.91 Å². The molecule has 1 aliphatic heterocycles. The molecule has 58 valence electrons. The Kier molecular flexibility index (Phi) is 3.51. The van der Waals surface area contributed by atoms with Crippen LogP contribution in [-0.2, 0) is 0 Å². The van der Waals surface area contributed by atoms with Gasteiger partial charge in [0, 0.05) is 12.3 Å². The van der Waals surface area contributed by atoms with Crippen LogP contribution >= 0.6 is 21.6 Å². The largest absolute Gasteiger partial charge is 0.319 e. The molecule has 1 N–H and O–H groups in total. The van der Waals surface area contributed by atoms with E-state index in [0.29, 0.717) is 5.25 Å². The molecule has 2 atom stereocenters. The maximum Gasteiger partial charge on any atom is 0.116 e. The summed E-state index contributed by atoms with van der Waals surface area (Å²) in [5.41, 5.74) is 0. The quantitative estimate of drug-likeness (QED) is 0.519. The highest BCUT2D eigenvalue weighted by atomic mass is 33.1. The minimum atomic E-state index is 0.0162. The molecular formula is C5H10N2OS2. The maximum absolute atomic E-state index is 10.2. The zero-order chi connectivity index (χ0) is 7.40. The van der Waals surface area contributed by atoms with Crippen molar-refractivity contribution in [3.63, 3.8) is 0 Å². The van der Waals surface area contributed by atoms with E-state index in [1.54, 1.807) is 21.6 Å². The summed E-state index contributed by atoms with van der Waals surface area (Å²) in [4.78, 5) is 10.2. The average molecular weight is 178 g/mol. The van der Waals surface area contributed by atoms with Crippen LogP contribution in [0.4, 0.5) is 0 Å². The zero-order valence-electron chi connectivity index (χ0n) is 5.74. The first-order valence-corrected chi connectivity index (χ1v) is 5.52. The fourth-order valence-electron chi connectivity index (χ4n) is 0.837. The van der Waals surface area contributed by atoms with Crippen molar-refractivity contribution in [3.05, 3.63) is 4.91 Å². The van der Waals surface area contributed by atoms with E-state index in [9.17, 15) is 4.91 Å². The molecule has 0 saturated carbocycles. The van der Waals surface area contributed by atoms with E-state index < -0.39 is 0 Å². The van der Waals surface area contributed by atoms with Gasteiger partial charge >= 0.3 is 0 Å². The minimum Gasteiger partial charge on any atom is -0.319 e. The van der Waals surface area contributed by atoms with Crippen LogP contribution in [-0.4, -0.2) is 30.6 Å². The lowest BCUT2D eigenvalue weighted by Gasteiger charge is -2.08. The SMILES string of the molecule is CNCC1SSCC1N=O. The summed E-state index contributed by atoms with van der Waals surface area (Å²) < 4.78 is 0. The Balaban J connectivity index is 2.34. The lowest BCUT2D eigenvalue weighted by Crippen LogP contribution is -2.28. The van der Waals surface area contributed by atoms with Crippen LogP contribution in [0.3, 0.4) is 0 Å². The topological polar surface area (TPSA) is 41.5 Å². The third-order valence-corrected chi connectivity index (χ3v) is 4.30. The summed E-state index contributed by atoms with van der Waals surface area (Å²) in [7, 11) is 5.39. The number of nitrogens with zero attached hydrogens (tertiary/aromatic N) is 1. The molecule has 2 unspecified atom stereocenters. The van der Waals surface area contributed by atoms with Gasteiger partial charge in [-0.25, -0.2) is 0 Å². The molecule has 0 aromatic rings. The second-order valence-corrected chi connectivity index (χ2v) is 4.80. The van der Waals surface area contributed by atoms with Crippen LogP contribution in [0.1, 0.15) is 0 Å². The van der Waals surface area contributed by atoms with Crippen LogP contribution in [0.5, 0.6) is 0 Å². The first-order chi connectivity index (χ1) is 4.88. The fraction of sp³-hybridized carbons (Fsp3) is 1.00. The summed E-state index contributed by atoms with van der Waals surface area (Å²) in [6.45, 7) is 0.883. The number of hydrogen-bond donors (Lipinski definition) is 1. The van der Waals surface area contributed by atoms with Gasteiger partial charge in [-0.1, -0.05) is 26.8 Å². The van der Waals surface area contributed by atoms with Crippen LogP contribution in [0.2, 0.25) is 0 Å². The normalized spacial score (nSPS) is 32.5. The maximum atomic E-state index is 10.2. The van der Waals surface area contributed by atoms with Gasteiger partial charge in [-0.15, -0.1) is 0 Å². The molecule has 5 heteroatoms. The van der Waals surface area contributed by atoms with Gasteiger partial charge in [0.2, 0.25) is 0 Å². The highest BCUT2D eigenvalue weighted by Crippen LogP contribution is 2.38. The van der Waals surface area contributed by atoms with Gasteiger partial charge in [0.25, 0.3) is 0 Å². The Labute approximate surface area is 68.1 Å². The molecule has 0 radical (unpaired) electrons. The molecule has 0 amide bonds. The van der Waals surface area contributed by atoms with Crippen molar-refractivity contribution in [2.24, 2.45) is 5.18 Å². The van der Waals surface area contributed by atoms with Gasteiger partial charge in [0.05, 0.1) is 5.25 Å². The lowest BCUT2D eigenvalue weighted by molar-refractivity contribution is 0.656. The number of nitroso groups, excluding NO2 is 1. The van der Waals surface area contributed by atoms with Crippen LogP contribution in [0, 0.1) is 4.91 Å². The first kappa shape index (κ1) is 8.36. The molecule has 0 aromatic heterocycles. The Morgan fingerprint density at radius 1 is 1.80 bits per heavy atom. The van der Waals surface area contributed by atoms with Crippen LogP contribution in [0.15, 0.2) is 5.18 Å². The molecule has 10 heavy (non-hydrogen) atoms. The van der Waals surface area contributed by atoms with Crippen molar-refractivity contribution in [1.29, 1.82) is 0 Å². The van der Waals surface area contributed by atoms with Crippen LogP contribution in [0.25, 0.3) is 0 Å². The third kappa shape index (κ3) is 1.87. The Bertz CT molecular complexity index is 122. The van der Waals surface area contributed by atoms with E-state index in [0.717, 1.165) is 12.3 Å². The summed E-state index contributed by atoms with van der Waals surface area (Å²) in [6.07, 6.45) is 0. The standard InChI is InChI=1S/C5H10N2OS2/c1-6-2-5-4(7-8)3-9-10-5/h4-6H,2-3H2,1H3. The average Bonchev–Trinajstić information content (AvgIpc) is 2.36. The molecule has 1 rings (SSSR count). The molecule has 0 bridgehead atoms. The zero-order valence-corrected chi connectivity index (χ0v) is 7.37. The van der Waals surface area contributed by atoms with E-state index in [4.69, 9.17) is 0 Å². The van der Waals surface area contributed by atoms with E-state index in [-0.39, 0.29) is 6.04 Å². The summed E-state index contributed by atoms with van der Waals surface area (Å²) in [5.74, 6) is 0.876. The highest BCUT2D eigenvalue weighted by Gasteiger charge is 2.28. The smallest absolute Gasteiger partial charge is 0.116 e. The summed E-state index contributed by atoms with van der Waals surface area (Å²) >= 11 is 0. The molecule has 1 saturated heterocycles. The number of hydrogen-bond acceptors (Lipinski definition) is 5. The van der Waals surface area contributed by atoms with E-state index in [1.807, 2.05) is 7.05 Å². The molecule has 0 aromatic carbocycles. The van der Waals surface area contributed by atoms with E-state index in [2.05, 4.69) is 10.5 Å². The Hall–Kier alpha value is 0.260. The van der Waals surface area contributed by atoms with Crippen molar-refractivity contribution < 1.29 is 0 Å². The lowest BCUT2D eigenvalue weighted by atomic mass is 10.2. The van der Waals surface area contributed by atoms with Gasteiger partial charge < -0.3 is 5.32 Å². The molecule has 0 spiro atoms. The molecular weight excluding hydrogens is 168 g/mol. The number of rotatable bonds is 3. The monoisotopic (exact) mass is 178 g/mol. The predicted octanol–water partition coefficient (Wildman–Crippen LogP) is 1.10. The number of nitrogens with one attached hydrogen (secondary N) is 1. The molecule has 1 fully saturated rings. The Morgan fingerprint density at radius 3 is 3.20 bits per heavy atom. The van der Waals surface area contributed by atoms with E-state index >= 15 is 0 Å². The predicted molar refractivity (Wildman–Crippen MR) is 47.3 cm³/mol. The summed E-state index contributed by atoms with van der Waals surface area (Å²) in [6, 6.07) is 0.0162. The minimum absolute atomic E-state index is 0.0162. The molecule has 1 heterocycles. The van der Waals surface area contributed by atoms with Crippen molar-refractivity contribution in [3.8, 4) is 0 Å².